The molecule has 0 atom stereocenters. The molecule has 4 rings (SSSR count). The number of ether oxygens (including phenoxy) is 2. The molecule has 9 nitrogen and oxygen atoms in total. The zero-order chi connectivity index (χ0) is 23.5. The summed E-state index contributed by atoms with van der Waals surface area (Å²) in [4.78, 5) is 14.1. The van der Waals surface area contributed by atoms with Gasteiger partial charge in [0, 0.05) is 30.4 Å². The molecule has 1 aliphatic carbocycles. The zero-order valence-electron chi connectivity index (χ0n) is 19.4. The molecule has 10 heteroatoms. The highest BCUT2D eigenvalue weighted by Crippen LogP contribution is 2.38. The van der Waals surface area contributed by atoms with Crippen molar-refractivity contribution in [2.24, 2.45) is 5.92 Å². The highest BCUT2D eigenvalue weighted by Gasteiger charge is 2.22. The molecule has 2 aromatic heterocycles. The van der Waals surface area contributed by atoms with Crippen molar-refractivity contribution in [2.45, 2.75) is 58.2 Å². The average molecular weight is 475 g/mol. The Labute approximate surface area is 198 Å². The maximum atomic E-state index is 9.83. The quantitative estimate of drug-likeness (QED) is 0.434. The fourth-order valence-corrected chi connectivity index (χ4v) is 4.37. The zero-order valence-corrected chi connectivity index (χ0v) is 20.2. The molecule has 1 aromatic carbocycles. The summed E-state index contributed by atoms with van der Waals surface area (Å²) in [6, 6.07) is 3.80. The molecule has 0 bridgehead atoms. The maximum Gasteiger partial charge on any atom is 0.227 e. The second-order valence-electron chi connectivity index (χ2n) is 8.83. The van der Waals surface area contributed by atoms with E-state index in [1.165, 1.54) is 0 Å². The van der Waals surface area contributed by atoms with E-state index >= 15 is 0 Å². The number of aliphatic hydroxyl groups is 1. The fourth-order valence-electron chi connectivity index (χ4n) is 4.10. The lowest BCUT2D eigenvalue weighted by Gasteiger charge is -2.26. The lowest BCUT2D eigenvalue weighted by molar-refractivity contribution is 0.126. The number of nitrogens with one attached hydrogen (secondary N) is 2. The number of methoxy groups -OCH3 is 2. The number of fused-ring (bicyclic) bond motifs is 1. The Morgan fingerprint density at radius 1 is 1.12 bits per heavy atom. The molecule has 2 heterocycles. The second-order valence-corrected chi connectivity index (χ2v) is 9.21. The highest BCUT2D eigenvalue weighted by atomic mass is 35.5. The highest BCUT2D eigenvalue weighted by molar-refractivity contribution is 6.33. The van der Waals surface area contributed by atoms with E-state index in [1.54, 1.807) is 32.7 Å². The third kappa shape index (κ3) is 5.25. The number of aliphatic hydroxyl groups excluding tert-OH is 1. The van der Waals surface area contributed by atoms with Crippen LogP contribution in [0, 0.1) is 5.92 Å². The van der Waals surface area contributed by atoms with Crippen molar-refractivity contribution >= 4 is 40.2 Å². The molecule has 1 aliphatic rings. The van der Waals surface area contributed by atoms with E-state index in [-0.39, 0.29) is 12.1 Å². The monoisotopic (exact) mass is 474 g/mol. The van der Waals surface area contributed by atoms with E-state index < -0.39 is 0 Å². The van der Waals surface area contributed by atoms with E-state index in [2.05, 4.69) is 29.5 Å². The smallest absolute Gasteiger partial charge is 0.227 e. The first-order valence-corrected chi connectivity index (χ1v) is 11.6. The van der Waals surface area contributed by atoms with Gasteiger partial charge < -0.3 is 29.8 Å². The van der Waals surface area contributed by atoms with Crippen molar-refractivity contribution in [3.8, 4) is 11.5 Å². The van der Waals surface area contributed by atoms with Gasteiger partial charge in [-0.3, -0.25) is 0 Å². The van der Waals surface area contributed by atoms with Gasteiger partial charge in [-0.25, -0.2) is 4.98 Å². The molecule has 33 heavy (non-hydrogen) atoms. The Kier molecular flexibility index (Phi) is 7.09. The number of aromatic nitrogens is 4. The summed E-state index contributed by atoms with van der Waals surface area (Å²) in [7, 11) is 3.12. The molecule has 0 saturated heterocycles. The maximum absolute atomic E-state index is 9.83. The van der Waals surface area contributed by atoms with Gasteiger partial charge in [0.1, 0.15) is 16.5 Å². The van der Waals surface area contributed by atoms with Crippen molar-refractivity contribution in [2.75, 3.05) is 24.9 Å². The SMILES string of the molecule is COc1cc(Nc2nc(NC3CCC(O)CC3)nc3c2ncn3CC(C)C)cc(OC)c1Cl. The topological polar surface area (TPSA) is 106 Å². The number of benzene rings is 1. The Bertz CT molecular complexity index is 1090. The lowest BCUT2D eigenvalue weighted by atomic mass is 9.93. The minimum absolute atomic E-state index is 0.217. The summed E-state index contributed by atoms with van der Waals surface area (Å²) in [5, 5.41) is 17.0. The van der Waals surface area contributed by atoms with Crippen LogP contribution >= 0.6 is 11.6 Å². The van der Waals surface area contributed by atoms with Crippen LogP contribution in [0.1, 0.15) is 39.5 Å². The summed E-state index contributed by atoms with van der Waals surface area (Å²) < 4.78 is 12.8. The van der Waals surface area contributed by atoms with E-state index in [0.29, 0.717) is 45.4 Å². The Morgan fingerprint density at radius 3 is 2.39 bits per heavy atom. The normalized spacial score (nSPS) is 18.5. The van der Waals surface area contributed by atoms with Crippen LogP contribution in [0.4, 0.5) is 17.5 Å². The summed E-state index contributed by atoms with van der Waals surface area (Å²) in [5.41, 5.74) is 2.14. The number of hydrogen-bond acceptors (Lipinski definition) is 8. The summed E-state index contributed by atoms with van der Waals surface area (Å²) in [5.74, 6) is 2.54. The van der Waals surface area contributed by atoms with E-state index in [1.807, 2.05) is 4.57 Å². The number of nitrogens with zero attached hydrogens (tertiary/aromatic N) is 4. The van der Waals surface area contributed by atoms with Crippen LogP contribution in [0.3, 0.4) is 0 Å². The van der Waals surface area contributed by atoms with Crippen molar-refractivity contribution in [3.05, 3.63) is 23.5 Å². The van der Waals surface area contributed by atoms with E-state index in [4.69, 9.17) is 31.0 Å². The van der Waals surface area contributed by atoms with E-state index in [0.717, 1.165) is 37.9 Å². The van der Waals surface area contributed by atoms with Gasteiger partial charge in [-0.2, -0.15) is 9.97 Å². The minimum atomic E-state index is -0.217. The van der Waals surface area contributed by atoms with Crippen LogP contribution in [0.5, 0.6) is 11.5 Å². The van der Waals surface area contributed by atoms with E-state index in [9.17, 15) is 5.11 Å². The van der Waals surface area contributed by atoms with Crippen molar-refractivity contribution in [3.63, 3.8) is 0 Å². The molecule has 3 N–H and O–H groups in total. The number of imidazole rings is 1. The Morgan fingerprint density at radius 2 is 1.79 bits per heavy atom. The Hall–Kier alpha value is -2.78. The fraction of sp³-hybridized carbons (Fsp3) is 0.522. The first kappa shape index (κ1) is 23.4. The first-order valence-electron chi connectivity index (χ1n) is 11.2. The number of rotatable bonds is 8. The molecule has 1 saturated carbocycles. The molecule has 0 amide bonds. The third-order valence-corrected chi connectivity index (χ3v) is 6.14. The van der Waals surface area contributed by atoms with Crippen LogP contribution in [0.25, 0.3) is 11.2 Å². The number of anilines is 3. The second kappa shape index (κ2) is 10.0. The largest absolute Gasteiger partial charge is 0.495 e. The summed E-state index contributed by atoms with van der Waals surface area (Å²) >= 11 is 6.33. The van der Waals surface area contributed by atoms with Gasteiger partial charge in [-0.05, 0) is 31.6 Å². The molecular weight excluding hydrogens is 444 g/mol. The predicted molar refractivity (Wildman–Crippen MR) is 130 cm³/mol. The van der Waals surface area contributed by atoms with Crippen LogP contribution in [0.2, 0.25) is 5.02 Å². The molecule has 0 unspecified atom stereocenters. The van der Waals surface area contributed by atoms with Gasteiger partial charge in [0.25, 0.3) is 0 Å². The molecule has 0 spiro atoms. The third-order valence-electron chi connectivity index (χ3n) is 5.76. The van der Waals surface area contributed by atoms with Crippen molar-refractivity contribution < 1.29 is 14.6 Å². The summed E-state index contributed by atoms with van der Waals surface area (Å²) in [6.07, 6.45) is 4.89. The van der Waals surface area contributed by atoms with Crippen molar-refractivity contribution in [1.82, 2.24) is 19.5 Å². The van der Waals surface area contributed by atoms with Gasteiger partial charge in [0.15, 0.2) is 17.0 Å². The molecule has 178 valence electrons. The molecule has 0 aliphatic heterocycles. The van der Waals surface area contributed by atoms with Crippen LogP contribution < -0.4 is 20.1 Å². The van der Waals surface area contributed by atoms with Crippen LogP contribution in [0.15, 0.2) is 18.5 Å². The lowest BCUT2D eigenvalue weighted by Crippen LogP contribution is -2.29. The van der Waals surface area contributed by atoms with Gasteiger partial charge in [-0.15, -0.1) is 0 Å². The average Bonchev–Trinajstić information content (AvgIpc) is 3.18. The standard InChI is InChI=1S/C23H31ClN6O3/c1-13(2)11-30-12-25-20-21(26-15-9-17(32-3)19(24)18(10-15)33-4)28-23(29-22(20)30)27-14-5-7-16(31)8-6-14/h9-10,12-14,16,31H,5-8,11H2,1-4H3,(H2,26,27,28,29). The molecule has 3 aromatic rings. The Balaban J connectivity index is 1.72. The predicted octanol–water partition coefficient (Wildman–Crippen LogP) is 4.61. The number of hydrogen-bond donors (Lipinski definition) is 3. The van der Waals surface area contributed by atoms with Crippen LogP contribution in [-0.4, -0.2) is 51.0 Å². The van der Waals surface area contributed by atoms with Gasteiger partial charge in [0.05, 0.1) is 26.7 Å². The molecular formula is C23H31ClN6O3. The molecule has 0 radical (unpaired) electrons. The van der Waals surface area contributed by atoms with Crippen LogP contribution in [-0.2, 0) is 6.54 Å². The summed E-state index contributed by atoms with van der Waals surface area (Å²) in [6.45, 7) is 5.11. The van der Waals surface area contributed by atoms with Gasteiger partial charge >= 0.3 is 0 Å². The van der Waals surface area contributed by atoms with Gasteiger partial charge in [-0.1, -0.05) is 25.4 Å². The van der Waals surface area contributed by atoms with Gasteiger partial charge in [0.2, 0.25) is 5.95 Å². The minimum Gasteiger partial charge on any atom is -0.495 e. The molecule has 1 fully saturated rings. The van der Waals surface area contributed by atoms with Crippen molar-refractivity contribution in [1.29, 1.82) is 0 Å². The first-order chi connectivity index (χ1) is 15.9. The number of halogens is 1.